The lowest BCUT2D eigenvalue weighted by Crippen LogP contribution is -2.48. The molecule has 1 aromatic rings. The third-order valence-corrected chi connectivity index (χ3v) is 7.23. The summed E-state index contributed by atoms with van der Waals surface area (Å²) < 4.78 is 5.28. The second kappa shape index (κ2) is 8.76. The van der Waals surface area contributed by atoms with Crippen LogP contribution in [0.4, 0.5) is 0 Å². The van der Waals surface area contributed by atoms with E-state index in [0.717, 1.165) is 75.1 Å². The fourth-order valence-corrected chi connectivity index (χ4v) is 5.07. The molecule has 0 atom stereocenters. The van der Waals surface area contributed by atoms with Crippen molar-refractivity contribution in [2.45, 2.75) is 75.7 Å². The molecule has 0 heterocycles. The van der Waals surface area contributed by atoms with Crippen molar-refractivity contribution in [2.75, 3.05) is 13.7 Å². The van der Waals surface area contributed by atoms with Crippen molar-refractivity contribution in [3.05, 3.63) is 29.8 Å². The normalized spacial score (nSPS) is 26.0. The molecule has 0 saturated heterocycles. The van der Waals surface area contributed by atoms with Gasteiger partial charge in [0.15, 0.2) is 0 Å². The average Bonchev–Trinajstić information content (AvgIpc) is 3.46. The molecular formula is C24H34N2O3. The number of nitrogens with one attached hydrogen (secondary N) is 2. The number of carbonyl (C=O) groups is 2. The van der Waals surface area contributed by atoms with Gasteiger partial charge in [-0.05, 0) is 75.0 Å². The van der Waals surface area contributed by atoms with Crippen molar-refractivity contribution in [3.63, 3.8) is 0 Å². The quantitative estimate of drug-likeness (QED) is 0.736. The summed E-state index contributed by atoms with van der Waals surface area (Å²) in [7, 11) is 1.66. The first-order chi connectivity index (χ1) is 14.1. The zero-order valence-corrected chi connectivity index (χ0v) is 17.5. The first-order valence-electron chi connectivity index (χ1n) is 11.3. The Morgan fingerprint density at radius 3 is 2.24 bits per heavy atom. The van der Waals surface area contributed by atoms with E-state index in [0.29, 0.717) is 0 Å². The monoisotopic (exact) mass is 398 g/mol. The van der Waals surface area contributed by atoms with Gasteiger partial charge in [-0.3, -0.25) is 9.59 Å². The van der Waals surface area contributed by atoms with Gasteiger partial charge in [-0.15, -0.1) is 0 Å². The van der Waals surface area contributed by atoms with Gasteiger partial charge in [-0.2, -0.15) is 0 Å². The van der Waals surface area contributed by atoms with Crippen LogP contribution in [0, 0.1) is 11.8 Å². The minimum Gasteiger partial charge on any atom is -0.497 e. The summed E-state index contributed by atoms with van der Waals surface area (Å²) in [4.78, 5) is 25.7. The van der Waals surface area contributed by atoms with Gasteiger partial charge >= 0.3 is 0 Å². The lowest BCUT2D eigenvalue weighted by molar-refractivity contribution is -0.128. The summed E-state index contributed by atoms with van der Waals surface area (Å²) in [5, 5.41) is 6.46. The summed E-state index contributed by atoms with van der Waals surface area (Å²) in [5.41, 5.74) is 0.687. The number of amides is 2. The molecule has 0 radical (unpaired) electrons. The summed E-state index contributed by atoms with van der Waals surface area (Å²) in [6.07, 6.45) is 10.0. The molecule has 3 saturated carbocycles. The van der Waals surface area contributed by atoms with Gasteiger partial charge in [0.25, 0.3) is 0 Å². The molecule has 5 nitrogen and oxygen atoms in total. The van der Waals surface area contributed by atoms with E-state index in [4.69, 9.17) is 4.74 Å². The Hall–Kier alpha value is -2.04. The fourth-order valence-electron chi connectivity index (χ4n) is 5.07. The molecule has 0 spiro atoms. The van der Waals surface area contributed by atoms with Gasteiger partial charge in [0, 0.05) is 18.5 Å². The van der Waals surface area contributed by atoms with Crippen molar-refractivity contribution in [1.29, 1.82) is 0 Å². The van der Waals surface area contributed by atoms with Crippen LogP contribution < -0.4 is 15.4 Å². The van der Waals surface area contributed by atoms with Crippen molar-refractivity contribution < 1.29 is 14.3 Å². The van der Waals surface area contributed by atoms with Crippen molar-refractivity contribution in [3.8, 4) is 5.75 Å². The molecule has 29 heavy (non-hydrogen) atoms. The molecule has 3 fully saturated rings. The minimum absolute atomic E-state index is 0.115. The maximum absolute atomic E-state index is 13.4. The molecular weight excluding hydrogens is 364 g/mol. The van der Waals surface area contributed by atoms with E-state index in [9.17, 15) is 9.59 Å². The van der Waals surface area contributed by atoms with Crippen LogP contribution in [-0.4, -0.2) is 31.5 Å². The number of hydrogen-bond acceptors (Lipinski definition) is 3. The highest BCUT2D eigenvalue weighted by atomic mass is 16.5. The molecule has 158 valence electrons. The number of hydrogen-bond donors (Lipinski definition) is 2. The fraction of sp³-hybridized carbons (Fsp3) is 0.667. The maximum Gasteiger partial charge on any atom is 0.230 e. The summed E-state index contributed by atoms with van der Waals surface area (Å²) in [6, 6.07) is 8.18. The molecule has 2 amide bonds. The van der Waals surface area contributed by atoms with Gasteiger partial charge in [-0.1, -0.05) is 25.0 Å². The van der Waals surface area contributed by atoms with E-state index in [1.54, 1.807) is 7.11 Å². The van der Waals surface area contributed by atoms with Gasteiger partial charge in [0.05, 0.1) is 12.5 Å². The van der Waals surface area contributed by atoms with Crippen molar-refractivity contribution in [1.82, 2.24) is 10.6 Å². The van der Waals surface area contributed by atoms with Crippen LogP contribution in [0.15, 0.2) is 24.3 Å². The smallest absolute Gasteiger partial charge is 0.230 e. The van der Waals surface area contributed by atoms with Gasteiger partial charge < -0.3 is 15.4 Å². The first-order valence-corrected chi connectivity index (χ1v) is 11.3. The molecule has 3 aliphatic carbocycles. The standard InChI is InChI=1S/C24H34N2O3/c1-29-21-12-8-19(9-13-21)24(14-2-3-15-24)23(28)26-20-10-6-18(7-11-20)22(27)25-16-17-4-5-17/h8-9,12-13,17-18,20H,2-7,10-11,14-16H2,1H3,(H,25,27)(H,26,28). The topological polar surface area (TPSA) is 67.4 Å². The minimum atomic E-state index is -0.412. The molecule has 0 aliphatic heterocycles. The van der Waals surface area contributed by atoms with Crippen LogP contribution >= 0.6 is 0 Å². The Morgan fingerprint density at radius 1 is 1.00 bits per heavy atom. The highest BCUT2D eigenvalue weighted by molar-refractivity contribution is 5.89. The predicted molar refractivity (Wildman–Crippen MR) is 113 cm³/mol. The average molecular weight is 399 g/mol. The summed E-state index contributed by atoms with van der Waals surface area (Å²) in [5.74, 6) is 2.04. The van der Waals surface area contributed by atoms with Gasteiger partial charge in [0.1, 0.15) is 5.75 Å². The van der Waals surface area contributed by atoms with E-state index in [1.807, 2.05) is 24.3 Å². The molecule has 0 aromatic heterocycles. The molecule has 2 N–H and O–H groups in total. The highest BCUT2D eigenvalue weighted by Crippen LogP contribution is 2.42. The Balaban J connectivity index is 1.33. The SMILES string of the molecule is COc1ccc(C2(C(=O)NC3CCC(C(=O)NCC4CC4)CC3)CCCC2)cc1. The van der Waals surface area contributed by atoms with Gasteiger partial charge in [-0.25, -0.2) is 0 Å². The summed E-state index contributed by atoms with van der Waals surface area (Å²) in [6.45, 7) is 0.847. The Morgan fingerprint density at radius 2 is 1.66 bits per heavy atom. The lowest BCUT2D eigenvalue weighted by atomic mass is 9.77. The predicted octanol–water partition coefficient (Wildman–Crippen LogP) is 3.71. The zero-order chi connectivity index (χ0) is 20.3. The molecule has 5 heteroatoms. The number of benzene rings is 1. The Kier molecular flexibility index (Phi) is 6.12. The van der Waals surface area contributed by atoms with E-state index in [1.165, 1.54) is 12.8 Å². The third-order valence-electron chi connectivity index (χ3n) is 7.23. The van der Waals surface area contributed by atoms with Crippen molar-refractivity contribution >= 4 is 11.8 Å². The third kappa shape index (κ3) is 4.59. The Labute approximate surface area is 174 Å². The van der Waals surface area contributed by atoms with Crippen molar-refractivity contribution in [2.24, 2.45) is 11.8 Å². The highest BCUT2D eigenvalue weighted by Gasteiger charge is 2.43. The van der Waals surface area contributed by atoms with E-state index in [2.05, 4.69) is 10.6 Å². The molecule has 4 rings (SSSR count). The van der Waals surface area contributed by atoms with Crippen LogP contribution in [0.3, 0.4) is 0 Å². The van der Waals surface area contributed by atoms with Crippen LogP contribution in [0.1, 0.15) is 69.8 Å². The van der Waals surface area contributed by atoms with Crippen LogP contribution in [0.5, 0.6) is 5.75 Å². The number of methoxy groups -OCH3 is 1. The van der Waals surface area contributed by atoms with Crippen LogP contribution in [0.25, 0.3) is 0 Å². The second-order valence-corrected chi connectivity index (χ2v) is 9.23. The first kappa shape index (κ1) is 20.2. The number of ether oxygens (including phenoxy) is 1. The van der Waals surface area contributed by atoms with E-state index >= 15 is 0 Å². The molecule has 0 bridgehead atoms. The van der Waals surface area contributed by atoms with E-state index in [-0.39, 0.29) is 23.8 Å². The molecule has 0 unspecified atom stereocenters. The van der Waals surface area contributed by atoms with Gasteiger partial charge in [0.2, 0.25) is 11.8 Å². The number of carbonyl (C=O) groups excluding carboxylic acids is 2. The number of rotatable bonds is 7. The molecule has 1 aromatic carbocycles. The largest absolute Gasteiger partial charge is 0.497 e. The lowest BCUT2D eigenvalue weighted by Gasteiger charge is -2.34. The summed E-state index contributed by atoms with van der Waals surface area (Å²) >= 11 is 0. The zero-order valence-electron chi connectivity index (χ0n) is 17.5. The Bertz CT molecular complexity index is 712. The van der Waals surface area contributed by atoms with E-state index < -0.39 is 5.41 Å². The van der Waals surface area contributed by atoms with Crippen LogP contribution in [-0.2, 0) is 15.0 Å². The maximum atomic E-state index is 13.4. The van der Waals surface area contributed by atoms with Crippen LogP contribution in [0.2, 0.25) is 0 Å². The molecule has 3 aliphatic rings. The second-order valence-electron chi connectivity index (χ2n) is 9.23.